The van der Waals surface area contributed by atoms with Gasteiger partial charge in [0.05, 0.1) is 6.04 Å². The van der Waals surface area contributed by atoms with Gasteiger partial charge in [0.2, 0.25) is 5.91 Å². The first-order chi connectivity index (χ1) is 11.1. The second-order valence-corrected chi connectivity index (χ2v) is 7.00. The summed E-state index contributed by atoms with van der Waals surface area (Å²) in [6.07, 6.45) is 0. The lowest BCUT2D eigenvalue weighted by Gasteiger charge is -2.34. The fourth-order valence-corrected chi connectivity index (χ4v) is 4.04. The molecule has 122 valence electrons. The first-order valence-corrected chi connectivity index (χ1v) is 9.02. The highest BCUT2D eigenvalue weighted by molar-refractivity contribution is 7.99. The molecule has 1 aliphatic heterocycles. The maximum absolute atomic E-state index is 11.4. The van der Waals surface area contributed by atoms with Gasteiger partial charge >= 0.3 is 0 Å². The van der Waals surface area contributed by atoms with Crippen LogP contribution >= 0.6 is 11.8 Å². The molecule has 0 unspecified atom stereocenters. The van der Waals surface area contributed by atoms with E-state index in [4.69, 9.17) is 4.42 Å². The lowest BCUT2D eigenvalue weighted by Crippen LogP contribution is -2.35. The van der Waals surface area contributed by atoms with Crippen molar-refractivity contribution in [2.24, 2.45) is 0 Å². The van der Waals surface area contributed by atoms with Crippen LogP contribution in [0.25, 0.3) is 0 Å². The molecule has 1 aromatic carbocycles. The molecule has 2 heterocycles. The molecule has 4 nitrogen and oxygen atoms in total. The van der Waals surface area contributed by atoms with E-state index in [-0.39, 0.29) is 11.9 Å². The molecule has 0 saturated carbocycles. The van der Waals surface area contributed by atoms with Gasteiger partial charge in [0, 0.05) is 37.2 Å². The number of benzene rings is 1. The van der Waals surface area contributed by atoms with Crippen LogP contribution in [-0.2, 0) is 11.3 Å². The van der Waals surface area contributed by atoms with Crippen molar-refractivity contribution in [3.63, 3.8) is 0 Å². The van der Waals surface area contributed by atoms with Gasteiger partial charge in [-0.15, -0.1) is 0 Å². The van der Waals surface area contributed by atoms with Crippen LogP contribution in [0.3, 0.4) is 0 Å². The first kappa shape index (κ1) is 16.1. The maximum Gasteiger partial charge on any atom is 0.221 e. The van der Waals surface area contributed by atoms with Gasteiger partial charge < -0.3 is 9.73 Å². The number of thioether (sulfide) groups is 1. The molecule has 0 radical (unpaired) electrons. The summed E-state index contributed by atoms with van der Waals surface area (Å²) in [5.41, 5.74) is 2.04. The number of amides is 1. The van der Waals surface area contributed by atoms with Gasteiger partial charge in [-0.2, -0.15) is 11.8 Å². The number of nitrogens with zero attached hydrogens (tertiary/aromatic N) is 1. The van der Waals surface area contributed by atoms with Gasteiger partial charge in [0.15, 0.2) is 0 Å². The quantitative estimate of drug-likeness (QED) is 0.925. The Bertz CT molecular complexity index is 683. The summed E-state index contributed by atoms with van der Waals surface area (Å²) in [7, 11) is 0. The van der Waals surface area contributed by atoms with Crippen LogP contribution in [-0.4, -0.2) is 28.9 Å². The summed E-state index contributed by atoms with van der Waals surface area (Å²) in [6.45, 7) is 5.35. The van der Waals surface area contributed by atoms with Crippen molar-refractivity contribution in [2.45, 2.75) is 26.4 Å². The molecular formula is C18H22N2O2S. The number of anilines is 1. The molecule has 1 amide bonds. The molecule has 1 aliphatic rings. The average Bonchev–Trinajstić information content (AvgIpc) is 2.96. The monoisotopic (exact) mass is 330 g/mol. The van der Waals surface area contributed by atoms with Crippen molar-refractivity contribution in [1.29, 1.82) is 0 Å². The van der Waals surface area contributed by atoms with Crippen molar-refractivity contribution in [1.82, 2.24) is 4.90 Å². The second kappa shape index (κ2) is 7.23. The zero-order valence-corrected chi connectivity index (χ0v) is 14.4. The fraction of sp³-hybridized carbons (Fsp3) is 0.389. The number of para-hydroxylation sites is 1. The highest BCUT2D eigenvalue weighted by atomic mass is 32.2. The highest BCUT2D eigenvalue weighted by Crippen LogP contribution is 2.32. The van der Waals surface area contributed by atoms with Crippen LogP contribution in [0.15, 0.2) is 40.8 Å². The molecule has 1 atom stereocenters. The third kappa shape index (κ3) is 3.98. The topological polar surface area (TPSA) is 45.5 Å². The zero-order valence-electron chi connectivity index (χ0n) is 13.5. The molecule has 1 saturated heterocycles. The number of rotatable bonds is 4. The van der Waals surface area contributed by atoms with Crippen molar-refractivity contribution in [3.05, 3.63) is 53.5 Å². The molecule has 1 fully saturated rings. The SMILES string of the molecule is CC(=O)Nc1ccccc1CN1CCSC[C@H]1c1ccc(C)o1. The summed E-state index contributed by atoms with van der Waals surface area (Å²) in [5, 5.41) is 2.93. The van der Waals surface area contributed by atoms with E-state index in [1.807, 2.05) is 43.0 Å². The van der Waals surface area contributed by atoms with E-state index in [1.165, 1.54) is 0 Å². The molecule has 23 heavy (non-hydrogen) atoms. The van der Waals surface area contributed by atoms with Crippen molar-refractivity contribution in [2.75, 3.05) is 23.4 Å². The molecule has 2 aromatic rings. The van der Waals surface area contributed by atoms with E-state index in [1.54, 1.807) is 6.92 Å². The number of carbonyl (C=O) groups excluding carboxylic acids is 1. The van der Waals surface area contributed by atoms with Gasteiger partial charge in [-0.25, -0.2) is 0 Å². The lowest BCUT2D eigenvalue weighted by atomic mass is 10.1. The molecule has 3 rings (SSSR count). The van der Waals surface area contributed by atoms with E-state index in [0.717, 1.165) is 47.4 Å². The average molecular weight is 330 g/mol. The normalized spacial score (nSPS) is 18.8. The Morgan fingerprint density at radius 2 is 2.17 bits per heavy atom. The largest absolute Gasteiger partial charge is 0.465 e. The summed E-state index contributed by atoms with van der Waals surface area (Å²) in [5.74, 6) is 4.11. The zero-order chi connectivity index (χ0) is 16.2. The van der Waals surface area contributed by atoms with Crippen LogP contribution in [0.1, 0.15) is 30.0 Å². The number of aryl methyl sites for hydroxylation is 1. The lowest BCUT2D eigenvalue weighted by molar-refractivity contribution is -0.114. The number of furan rings is 1. The Labute approximate surface area is 141 Å². The van der Waals surface area contributed by atoms with Crippen LogP contribution in [0.4, 0.5) is 5.69 Å². The predicted molar refractivity (Wildman–Crippen MR) is 94.7 cm³/mol. The molecule has 1 N–H and O–H groups in total. The van der Waals surface area contributed by atoms with E-state index in [9.17, 15) is 4.79 Å². The van der Waals surface area contributed by atoms with Crippen LogP contribution in [0.5, 0.6) is 0 Å². The van der Waals surface area contributed by atoms with Gasteiger partial charge in [0.25, 0.3) is 0 Å². The molecule has 1 aromatic heterocycles. The Hall–Kier alpha value is -1.72. The molecular weight excluding hydrogens is 308 g/mol. The number of carbonyl (C=O) groups is 1. The smallest absolute Gasteiger partial charge is 0.221 e. The first-order valence-electron chi connectivity index (χ1n) is 7.87. The van der Waals surface area contributed by atoms with Crippen LogP contribution < -0.4 is 5.32 Å². The Balaban J connectivity index is 1.81. The fourth-order valence-electron chi connectivity index (χ4n) is 2.91. The van der Waals surface area contributed by atoms with Crippen LogP contribution in [0, 0.1) is 6.92 Å². The standard InChI is InChI=1S/C18H22N2O2S/c1-13-7-8-18(22-13)17-12-23-10-9-20(17)11-15-5-3-4-6-16(15)19-14(2)21/h3-8,17H,9-12H2,1-2H3,(H,19,21)/t17-/m0/s1. The molecule has 0 spiro atoms. The Morgan fingerprint density at radius 1 is 1.35 bits per heavy atom. The third-order valence-electron chi connectivity index (χ3n) is 4.03. The number of hydrogen-bond acceptors (Lipinski definition) is 4. The molecule has 0 aliphatic carbocycles. The molecule has 0 bridgehead atoms. The van der Waals surface area contributed by atoms with E-state index < -0.39 is 0 Å². The minimum absolute atomic E-state index is 0.0372. The summed E-state index contributed by atoms with van der Waals surface area (Å²) in [4.78, 5) is 13.8. The molecule has 5 heteroatoms. The van der Waals surface area contributed by atoms with Crippen molar-refractivity contribution >= 4 is 23.4 Å². The van der Waals surface area contributed by atoms with E-state index in [0.29, 0.717) is 0 Å². The van der Waals surface area contributed by atoms with Gasteiger partial charge in [-0.1, -0.05) is 18.2 Å². The minimum Gasteiger partial charge on any atom is -0.465 e. The number of hydrogen-bond donors (Lipinski definition) is 1. The number of nitrogens with one attached hydrogen (secondary N) is 1. The third-order valence-corrected chi connectivity index (χ3v) is 5.05. The summed E-state index contributed by atoms with van der Waals surface area (Å²) in [6, 6.07) is 12.4. The summed E-state index contributed by atoms with van der Waals surface area (Å²) >= 11 is 1.96. The van der Waals surface area contributed by atoms with E-state index in [2.05, 4.69) is 22.3 Å². The van der Waals surface area contributed by atoms with E-state index >= 15 is 0 Å². The Kier molecular flexibility index (Phi) is 5.08. The predicted octanol–water partition coefficient (Wildman–Crippen LogP) is 3.84. The minimum atomic E-state index is -0.0372. The summed E-state index contributed by atoms with van der Waals surface area (Å²) < 4.78 is 5.86. The Morgan fingerprint density at radius 3 is 2.91 bits per heavy atom. The van der Waals surface area contributed by atoms with Gasteiger partial charge in [-0.3, -0.25) is 9.69 Å². The van der Waals surface area contributed by atoms with Crippen molar-refractivity contribution in [3.8, 4) is 0 Å². The van der Waals surface area contributed by atoms with Gasteiger partial charge in [-0.05, 0) is 30.7 Å². The highest BCUT2D eigenvalue weighted by Gasteiger charge is 2.27. The second-order valence-electron chi connectivity index (χ2n) is 5.85. The van der Waals surface area contributed by atoms with Crippen LogP contribution in [0.2, 0.25) is 0 Å². The van der Waals surface area contributed by atoms with Crippen molar-refractivity contribution < 1.29 is 9.21 Å². The maximum atomic E-state index is 11.4. The van der Waals surface area contributed by atoms with Gasteiger partial charge in [0.1, 0.15) is 11.5 Å².